The fraction of sp³-hybridized carbons (Fsp3) is 1.00. The predicted octanol–water partition coefficient (Wildman–Crippen LogP) is 3.86. The summed E-state index contributed by atoms with van der Waals surface area (Å²) in [5.74, 6) is -4.25. The van der Waals surface area contributed by atoms with Crippen LogP contribution in [0.3, 0.4) is 0 Å². The molecular weight excluding hydrogens is 258 g/mol. The lowest BCUT2D eigenvalue weighted by Gasteiger charge is -2.28. The Hall–Kier alpha value is 0.807. The summed E-state index contributed by atoms with van der Waals surface area (Å²) >= 11 is 14.5. The fourth-order valence-corrected chi connectivity index (χ4v) is 2.27. The topological polar surface area (TPSA) is 0 Å². The molecule has 0 aromatic rings. The van der Waals surface area contributed by atoms with Gasteiger partial charge in [0.05, 0.1) is 0 Å². The van der Waals surface area contributed by atoms with Crippen LogP contribution in [-0.4, -0.2) is 17.5 Å². The molecule has 12 heavy (non-hydrogen) atoms. The number of rotatable bonds is 3. The van der Waals surface area contributed by atoms with E-state index in [2.05, 4.69) is 0 Å². The van der Waals surface area contributed by atoms with Crippen molar-refractivity contribution in [2.75, 3.05) is 0 Å². The van der Waals surface area contributed by atoms with E-state index < -0.39 is 23.9 Å². The van der Waals surface area contributed by atoms with Gasteiger partial charge in [0, 0.05) is 6.42 Å². The van der Waals surface area contributed by atoms with Gasteiger partial charge in [0.25, 0.3) is 0 Å². The van der Waals surface area contributed by atoms with Crippen LogP contribution in [0.4, 0.5) is 17.6 Å². The molecule has 0 radical (unpaired) electrons. The summed E-state index contributed by atoms with van der Waals surface area (Å²) in [4.78, 5) is 0. The van der Waals surface area contributed by atoms with Crippen LogP contribution < -0.4 is 0 Å². The average molecular weight is 264 g/mol. The van der Waals surface area contributed by atoms with Crippen molar-refractivity contribution in [3.8, 4) is 0 Å². The molecule has 0 saturated heterocycles. The van der Waals surface area contributed by atoms with Crippen LogP contribution >= 0.6 is 33.2 Å². The quantitative estimate of drug-likeness (QED) is 0.412. The van der Waals surface area contributed by atoms with E-state index in [9.17, 15) is 17.6 Å². The van der Waals surface area contributed by atoms with Crippen LogP contribution in [0.1, 0.15) is 13.3 Å². The Bertz CT molecular complexity index is 166. The molecule has 0 unspecified atom stereocenters. The maximum absolute atomic E-state index is 12.6. The highest BCUT2D eigenvalue weighted by atomic mass is 35.8. The van der Waals surface area contributed by atoms with Crippen LogP contribution in [0.15, 0.2) is 0 Å². The van der Waals surface area contributed by atoms with E-state index in [1.807, 2.05) is 0 Å². The van der Waals surface area contributed by atoms with Gasteiger partial charge in [0.2, 0.25) is 0 Å². The SMILES string of the molecule is CCC(F)(F)C(F)(F)[Si](Cl)(Cl)Cl. The normalized spacial score (nSPS) is 15.0. The minimum Gasteiger partial charge on any atom is -0.200 e. The Balaban J connectivity index is 4.85. The second-order valence-electron chi connectivity index (χ2n) is 2.13. The van der Waals surface area contributed by atoms with Gasteiger partial charge in [-0.2, -0.15) is 8.78 Å². The van der Waals surface area contributed by atoms with Crippen molar-refractivity contribution in [3.05, 3.63) is 0 Å². The molecule has 0 bridgehead atoms. The van der Waals surface area contributed by atoms with Gasteiger partial charge in [-0.15, -0.1) is 33.2 Å². The summed E-state index contributed by atoms with van der Waals surface area (Å²) in [6.07, 6.45) is -1.05. The van der Waals surface area contributed by atoms with Crippen molar-refractivity contribution in [2.24, 2.45) is 0 Å². The van der Waals surface area contributed by atoms with Crippen LogP contribution in [0, 0.1) is 0 Å². The molecule has 0 aromatic heterocycles. The van der Waals surface area contributed by atoms with Crippen molar-refractivity contribution in [1.29, 1.82) is 0 Å². The number of alkyl halides is 4. The van der Waals surface area contributed by atoms with E-state index in [0.29, 0.717) is 0 Å². The molecule has 0 aliphatic carbocycles. The van der Waals surface area contributed by atoms with Gasteiger partial charge < -0.3 is 0 Å². The van der Waals surface area contributed by atoms with Gasteiger partial charge in [-0.25, -0.2) is 8.78 Å². The molecule has 8 heteroatoms. The molecule has 0 fully saturated rings. The van der Waals surface area contributed by atoms with Crippen molar-refractivity contribution in [3.63, 3.8) is 0 Å². The van der Waals surface area contributed by atoms with E-state index in [1.165, 1.54) is 0 Å². The summed E-state index contributed by atoms with van der Waals surface area (Å²) in [6.45, 7) is 0.902. The maximum atomic E-state index is 12.6. The van der Waals surface area contributed by atoms with Gasteiger partial charge >= 0.3 is 17.5 Å². The first-order valence-electron chi connectivity index (χ1n) is 2.88. The largest absolute Gasteiger partial charge is 0.424 e. The Labute approximate surface area is 81.9 Å². The summed E-state index contributed by atoms with van der Waals surface area (Å²) in [7, 11) is 0. The van der Waals surface area contributed by atoms with Gasteiger partial charge in [-0.3, -0.25) is 0 Å². The van der Waals surface area contributed by atoms with E-state index in [1.54, 1.807) is 0 Å². The monoisotopic (exact) mass is 262 g/mol. The molecule has 0 N–H and O–H groups in total. The molecule has 0 aromatic carbocycles. The van der Waals surface area contributed by atoms with E-state index in [0.717, 1.165) is 6.92 Å². The first-order valence-corrected chi connectivity index (χ1v) is 7.92. The van der Waals surface area contributed by atoms with E-state index in [4.69, 9.17) is 33.2 Å². The second kappa shape index (κ2) is 3.51. The van der Waals surface area contributed by atoms with Gasteiger partial charge in [0.1, 0.15) is 0 Å². The fourth-order valence-electron chi connectivity index (χ4n) is 0.429. The summed E-state index contributed by atoms with van der Waals surface area (Å²) in [5.41, 5.74) is -4.51. The Morgan fingerprint density at radius 3 is 1.50 bits per heavy atom. The van der Waals surface area contributed by atoms with Crippen molar-refractivity contribution in [2.45, 2.75) is 24.8 Å². The van der Waals surface area contributed by atoms with Crippen molar-refractivity contribution >= 4 is 39.2 Å². The Morgan fingerprint density at radius 1 is 1.08 bits per heavy atom. The third-order valence-electron chi connectivity index (χ3n) is 1.26. The number of hydrogen-bond donors (Lipinski definition) is 0. The van der Waals surface area contributed by atoms with Crippen LogP contribution in [0.25, 0.3) is 0 Å². The molecular formula is C4H5Cl3F4Si. The zero-order valence-corrected chi connectivity index (χ0v) is 9.12. The summed E-state index contributed by atoms with van der Waals surface area (Å²) in [5, 5.41) is 0. The van der Waals surface area contributed by atoms with Crippen molar-refractivity contribution in [1.82, 2.24) is 0 Å². The minimum atomic E-state index is -4.71. The van der Waals surface area contributed by atoms with Crippen LogP contribution in [0.2, 0.25) is 0 Å². The van der Waals surface area contributed by atoms with E-state index in [-0.39, 0.29) is 0 Å². The molecule has 0 aliphatic heterocycles. The van der Waals surface area contributed by atoms with Gasteiger partial charge in [-0.1, -0.05) is 6.92 Å². The van der Waals surface area contributed by atoms with Crippen molar-refractivity contribution < 1.29 is 17.6 Å². The van der Waals surface area contributed by atoms with Gasteiger partial charge in [-0.05, 0) is 0 Å². The lowest BCUT2D eigenvalue weighted by Crippen LogP contribution is -2.53. The second-order valence-corrected chi connectivity index (χ2v) is 10.6. The zero-order chi connectivity index (χ0) is 10.2. The Kier molecular flexibility index (Phi) is 3.75. The molecule has 0 saturated carbocycles. The highest BCUT2D eigenvalue weighted by Crippen LogP contribution is 2.48. The predicted molar refractivity (Wildman–Crippen MR) is 43.5 cm³/mol. The molecule has 0 spiro atoms. The lowest BCUT2D eigenvalue weighted by atomic mass is 10.3. The number of halogens is 7. The maximum Gasteiger partial charge on any atom is 0.424 e. The molecule has 0 rings (SSSR count). The Morgan fingerprint density at radius 2 is 1.42 bits per heavy atom. The highest BCUT2D eigenvalue weighted by molar-refractivity contribution is 7.65. The minimum absolute atomic E-state index is 0.902. The molecule has 0 amide bonds. The third kappa shape index (κ3) is 2.19. The molecule has 0 atom stereocenters. The molecule has 0 nitrogen and oxygen atoms in total. The average Bonchev–Trinajstić information content (AvgIpc) is 1.85. The third-order valence-corrected chi connectivity index (χ3v) is 4.47. The summed E-state index contributed by atoms with van der Waals surface area (Å²) < 4.78 is 50.2. The first-order chi connectivity index (χ1) is 5.06. The molecule has 74 valence electrons. The smallest absolute Gasteiger partial charge is 0.200 e. The van der Waals surface area contributed by atoms with E-state index >= 15 is 0 Å². The number of hydrogen-bond acceptors (Lipinski definition) is 0. The first kappa shape index (κ1) is 12.8. The molecule has 0 heterocycles. The van der Waals surface area contributed by atoms with Crippen LogP contribution in [0.5, 0.6) is 0 Å². The highest BCUT2D eigenvalue weighted by Gasteiger charge is 2.69. The summed E-state index contributed by atoms with van der Waals surface area (Å²) in [6, 6.07) is -4.71. The molecule has 0 aliphatic rings. The standard InChI is InChI=1S/C4H5Cl3F4Si/c1-2-3(8,9)4(10,11)12(5,6)7/h2H2,1H3. The lowest BCUT2D eigenvalue weighted by molar-refractivity contribution is -0.161. The van der Waals surface area contributed by atoms with Crippen LogP contribution in [-0.2, 0) is 0 Å². The zero-order valence-electron chi connectivity index (χ0n) is 5.85. The van der Waals surface area contributed by atoms with Gasteiger partial charge in [0.15, 0.2) is 0 Å².